The lowest BCUT2D eigenvalue weighted by atomic mass is 10.2. The lowest BCUT2D eigenvalue weighted by Crippen LogP contribution is -2.22. The molecule has 3 aromatic carbocycles. The average Bonchev–Trinajstić information content (AvgIpc) is 2.78. The predicted molar refractivity (Wildman–Crippen MR) is 119 cm³/mol. The summed E-state index contributed by atoms with van der Waals surface area (Å²) in [5, 5.41) is 11.5. The van der Waals surface area contributed by atoms with Gasteiger partial charge in [-0.05, 0) is 54.6 Å². The van der Waals surface area contributed by atoms with Crippen LogP contribution in [-0.4, -0.2) is 26.9 Å². The van der Waals surface area contributed by atoms with Crippen LogP contribution in [0.25, 0.3) is 0 Å². The zero-order valence-corrected chi connectivity index (χ0v) is 18.3. The predicted octanol–water partition coefficient (Wildman–Crippen LogP) is 3.95. The van der Waals surface area contributed by atoms with Crippen LogP contribution < -0.4 is 10.0 Å². The molecule has 3 aromatic rings. The summed E-state index contributed by atoms with van der Waals surface area (Å²) in [5.41, 5.74) is 0.330. The number of amides is 1. The Labute approximate surface area is 193 Å². The van der Waals surface area contributed by atoms with Crippen LogP contribution in [0.3, 0.4) is 0 Å². The van der Waals surface area contributed by atoms with Crippen LogP contribution in [0.15, 0.2) is 71.6 Å². The number of nitrogens with zero attached hydrogens (tertiary/aromatic N) is 1. The molecular formula is C22H15ClFN3O5S. The largest absolute Gasteiger partial charge is 0.452 e. The standard InChI is InChI=1S/C22H15ClFN3O5S/c23-19-11-16(8-5-14(19)12-25)26-21(28)13-32-22(29)18-3-1-2-4-20(18)27-33(30,31)17-9-6-15(24)7-10-17/h1-11,27H,13H2,(H,26,28). The molecule has 0 radical (unpaired) electrons. The molecule has 0 bridgehead atoms. The van der Waals surface area contributed by atoms with E-state index >= 15 is 0 Å². The molecule has 1 amide bonds. The van der Waals surface area contributed by atoms with E-state index in [1.807, 2.05) is 6.07 Å². The summed E-state index contributed by atoms with van der Waals surface area (Å²) in [6, 6.07) is 16.0. The molecule has 168 valence electrons. The second-order valence-electron chi connectivity index (χ2n) is 6.54. The molecule has 0 saturated carbocycles. The lowest BCUT2D eigenvalue weighted by Gasteiger charge is -2.12. The number of para-hydroxylation sites is 1. The minimum absolute atomic E-state index is 0.0777. The molecule has 0 atom stereocenters. The molecule has 0 spiro atoms. The van der Waals surface area contributed by atoms with E-state index in [-0.39, 0.29) is 26.7 Å². The summed E-state index contributed by atoms with van der Waals surface area (Å²) in [6.07, 6.45) is 0. The number of carbonyl (C=O) groups is 2. The number of rotatable bonds is 7. The van der Waals surface area contributed by atoms with Gasteiger partial charge in [0.1, 0.15) is 11.9 Å². The van der Waals surface area contributed by atoms with E-state index < -0.39 is 34.3 Å². The van der Waals surface area contributed by atoms with Crippen molar-refractivity contribution in [3.05, 3.63) is 88.7 Å². The highest BCUT2D eigenvalue weighted by Gasteiger charge is 2.20. The van der Waals surface area contributed by atoms with Crippen LogP contribution in [0, 0.1) is 17.1 Å². The molecule has 0 aliphatic heterocycles. The van der Waals surface area contributed by atoms with Gasteiger partial charge in [-0.1, -0.05) is 23.7 Å². The number of carbonyl (C=O) groups excluding carboxylic acids is 2. The average molecular weight is 488 g/mol. The molecular weight excluding hydrogens is 473 g/mol. The Morgan fingerprint density at radius 3 is 2.42 bits per heavy atom. The Balaban J connectivity index is 1.67. The summed E-state index contributed by atoms with van der Waals surface area (Å²) in [7, 11) is -4.11. The first-order valence-corrected chi connectivity index (χ1v) is 11.1. The molecule has 2 N–H and O–H groups in total. The summed E-state index contributed by atoms with van der Waals surface area (Å²) < 4.78 is 45.4. The van der Waals surface area contributed by atoms with Crippen molar-refractivity contribution in [1.82, 2.24) is 0 Å². The number of nitriles is 1. The van der Waals surface area contributed by atoms with Crippen molar-refractivity contribution >= 4 is 44.9 Å². The third kappa shape index (κ3) is 6.06. The fraction of sp³-hybridized carbons (Fsp3) is 0.0455. The van der Waals surface area contributed by atoms with Gasteiger partial charge in [0.05, 0.1) is 26.7 Å². The van der Waals surface area contributed by atoms with Crippen LogP contribution in [-0.2, 0) is 19.6 Å². The van der Waals surface area contributed by atoms with Gasteiger partial charge in [0.15, 0.2) is 6.61 Å². The maximum Gasteiger partial charge on any atom is 0.340 e. The lowest BCUT2D eigenvalue weighted by molar-refractivity contribution is -0.119. The third-order valence-electron chi connectivity index (χ3n) is 4.22. The number of nitrogens with one attached hydrogen (secondary N) is 2. The van der Waals surface area contributed by atoms with Gasteiger partial charge in [-0.2, -0.15) is 5.26 Å². The van der Waals surface area contributed by atoms with Crippen molar-refractivity contribution in [1.29, 1.82) is 5.26 Å². The van der Waals surface area contributed by atoms with Crippen LogP contribution in [0.1, 0.15) is 15.9 Å². The Hall–Kier alpha value is -3.94. The van der Waals surface area contributed by atoms with Crippen LogP contribution in [0.5, 0.6) is 0 Å². The van der Waals surface area contributed by atoms with Crippen molar-refractivity contribution in [2.45, 2.75) is 4.90 Å². The highest BCUT2D eigenvalue weighted by molar-refractivity contribution is 7.92. The second kappa shape index (κ2) is 10.1. The Kier molecular flexibility index (Phi) is 7.27. The molecule has 0 saturated heterocycles. The van der Waals surface area contributed by atoms with E-state index in [2.05, 4.69) is 10.0 Å². The molecule has 11 heteroatoms. The van der Waals surface area contributed by atoms with Crippen molar-refractivity contribution in [3.63, 3.8) is 0 Å². The van der Waals surface area contributed by atoms with Gasteiger partial charge in [0, 0.05) is 5.69 Å². The van der Waals surface area contributed by atoms with E-state index in [9.17, 15) is 22.4 Å². The molecule has 0 aromatic heterocycles. The quantitative estimate of drug-likeness (QED) is 0.486. The van der Waals surface area contributed by atoms with Crippen LogP contribution in [0.4, 0.5) is 15.8 Å². The maximum atomic E-state index is 13.1. The molecule has 0 fully saturated rings. The Bertz CT molecular complexity index is 1360. The summed E-state index contributed by atoms with van der Waals surface area (Å²) in [6.45, 7) is -0.657. The van der Waals surface area contributed by atoms with Gasteiger partial charge in [-0.25, -0.2) is 17.6 Å². The van der Waals surface area contributed by atoms with Crippen molar-refractivity contribution < 1.29 is 27.1 Å². The van der Waals surface area contributed by atoms with E-state index in [0.29, 0.717) is 5.69 Å². The van der Waals surface area contributed by atoms with Gasteiger partial charge < -0.3 is 10.1 Å². The molecule has 33 heavy (non-hydrogen) atoms. The Morgan fingerprint density at radius 1 is 1.06 bits per heavy atom. The number of halogens is 2. The summed E-state index contributed by atoms with van der Waals surface area (Å²) >= 11 is 5.91. The fourth-order valence-corrected chi connectivity index (χ4v) is 3.96. The monoisotopic (exact) mass is 487 g/mol. The van der Waals surface area contributed by atoms with Crippen molar-refractivity contribution in [2.24, 2.45) is 0 Å². The van der Waals surface area contributed by atoms with E-state index in [1.54, 1.807) is 0 Å². The fourth-order valence-electron chi connectivity index (χ4n) is 2.66. The van der Waals surface area contributed by atoms with Gasteiger partial charge in [-0.3, -0.25) is 9.52 Å². The minimum atomic E-state index is -4.11. The van der Waals surface area contributed by atoms with Gasteiger partial charge in [0.2, 0.25) is 0 Å². The highest BCUT2D eigenvalue weighted by atomic mass is 35.5. The number of esters is 1. The van der Waals surface area contributed by atoms with E-state index in [0.717, 1.165) is 24.3 Å². The minimum Gasteiger partial charge on any atom is -0.452 e. The summed E-state index contributed by atoms with van der Waals surface area (Å²) in [5.74, 6) is -2.21. The number of ether oxygens (including phenoxy) is 1. The molecule has 0 heterocycles. The molecule has 8 nitrogen and oxygen atoms in total. The highest BCUT2D eigenvalue weighted by Crippen LogP contribution is 2.22. The zero-order valence-electron chi connectivity index (χ0n) is 16.7. The second-order valence-corrected chi connectivity index (χ2v) is 8.63. The van der Waals surface area contributed by atoms with Crippen LogP contribution in [0.2, 0.25) is 5.02 Å². The smallest absolute Gasteiger partial charge is 0.340 e. The number of hydrogen-bond acceptors (Lipinski definition) is 6. The summed E-state index contributed by atoms with van der Waals surface area (Å²) in [4.78, 5) is 24.4. The van der Waals surface area contributed by atoms with E-state index in [4.69, 9.17) is 21.6 Å². The van der Waals surface area contributed by atoms with Gasteiger partial charge in [0.25, 0.3) is 15.9 Å². The molecule has 0 aliphatic carbocycles. The number of sulfonamides is 1. The van der Waals surface area contributed by atoms with E-state index in [1.165, 1.54) is 42.5 Å². The van der Waals surface area contributed by atoms with Gasteiger partial charge >= 0.3 is 5.97 Å². The molecule has 0 unspecified atom stereocenters. The third-order valence-corrected chi connectivity index (χ3v) is 5.92. The SMILES string of the molecule is N#Cc1ccc(NC(=O)COC(=O)c2ccccc2NS(=O)(=O)c2ccc(F)cc2)cc1Cl. The zero-order chi connectivity index (χ0) is 24.0. The number of anilines is 2. The van der Waals surface area contributed by atoms with Crippen molar-refractivity contribution in [2.75, 3.05) is 16.6 Å². The first-order chi connectivity index (χ1) is 15.7. The first-order valence-electron chi connectivity index (χ1n) is 9.23. The Morgan fingerprint density at radius 2 is 1.76 bits per heavy atom. The molecule has 3 rings (SSSR count). The van der Waals surface area contributed by atoms with Crippen LogP contribution >= 0.6 is 11.6 Å². The molecule has 0 aliphatic rings. The number of benzene rings is 3. The first kappa shape index (κ1) is 23.7. The normalized spacial score (nSPS) is 10.7. The topological polar surface area (TPSA) is 125 Å². The van der Waals surface area contributed by atoms with Gasteiger partial charge in [-0.15, -0.1) is 0 Å². The number of hydrogen-bond donors (Lipinski definition) is 2. The van der Waals surface area contributed by atoms with Crippen molar-refractivity contribution in [3.8, 4) is 6.07 Å². The maximum absolute atomic E-state index is 13.1.